The maximum atomic E-state index is 13.4. The summed E-state index contributed by atoms with van der Waals surface area (Å²) in [6.07, 6.45) is 1.56. The standard InChI is InChI=1S/C28H27ClN4O3S/c1-20-9-7-12-26(15-20)33-21(2)16-23(22(33)3)18-30-31-28(34)19-32(25-11-8-10-24(29)17-25)37(35,36)27-13-5-4-6-14-27/h4-18H,19H2,1-3H3,(H,31,34)/b30-18-. The number of rotatable bonds is 8. The highest BCUT2D eigenvalue weighted by atomic mass is 35.5. The summed E-state index contributed by atoms with van der Waals surface area (Å²) in [6, 6.07) is 24.4. The van der Waals surface area contributed by atoms with Crippen LogP contribution in [0.25, 0.3) is 5.69 Å². The number of hydrogen-bond acceptors (Lipinski definition) is 4. The third kappa shape index (κ3) is 5.93. The van der Waals surface area contributed by atoms with E-state index in [4.69, 9.17) is 11.6 Å². The first-order chi connectivity index (χ1) is 17.7. The first-order valence-electron chi connectivity index (χ1n) is 11.6. The molecule has 1 aromatic heterocycles. The number of halogens is 1. The van der Waals surface area contributed by atoms with E-state index in [1.165, 1.54) is 18.2 Å². The van der Waals surface area contributed by atoms with Crippen LogP contribution in [-0.4, -0.2) is 31.7 Å². The number of hydrogen-bond donors (Lipinski definition) is 1. The van der Waals surface area contributed by atoms with Crippen molar-refractivity contribution < 1.29 is 13.2 Å². The van der Waals surface area contributed by atoms with E-state index in [2.05, 4.69) is 21.2 Å². The zero-order valence-electron chi connectivity index (χ0n) is 20.7. The third-order valence-electron chi connectivity index (χ3n) is 5.84. The quantitative estimate of drug-likeness (QED) is 0.242. The Hall–Kier alpha value is -3.88. The van der Waals surface area contributed by atoms with Crippen molar-refractivity contribution in [1.29, 1.82) is 0 Å². The molecule has 7 nitrogen and oxygen atoms in total. The van der Waals surface area contributed by atoms with Crippen molar-refractivity contribution in [3.8, 4) is 5.69 Å². The van der Waals surface area contributed by atoms with Crippen molar-refractivity contribution in [3.05, 3.63) is 112 Å². The first kappa shape index (κ1) is 26.2. The van der Waals surface area contributed by atoms with Crippen LogP contribution >= 0.6 is 11.6 Å². The molecule has 0 aliphatic rings. The molecule has 190 valence electrons. The molecule has 37 heavy (non-hydrogen) atoms. The Morgan fingerprint density at radius 3 is 2.41 bits per heavy atom. The summed E-state index contributed by atoms with van der Waals surface area (Å²) in [4.78, 5) is 12.9. The SMILES string of the molecule is Cc1cccc(-n2c(C)cc(/C=N\NC(=O)CN(c3cccc(Cl)c3)S(=O)(=O)c3ccccc3)c2C)c1. The highest BCUT2D eigenvalue weighted by molar-refractivity contribution is 7.92. The van der Waals surface area contributed by atoms with Crippen LogP contribution in [0.5, 0.6) is 0 Å². The molecule has 1 heterocycles. The normalized spacial score (nSPS) is 11.6. The van der Waals surface area contributed by atoms with Crippen molar-refractivity contribution in [2.24, 2.45) is 5.10 Å². The molecule has 0 bridgehead atoms. The second kappa shape index (κ2) is 11.0. The Balaban J connectivity index is 1.55. The number of nitrogens with zero attached hydrogens (tertiary/aromatic N) is 3. The van der Waals surface area contributed by atoms with E-state index >= 15 is 0 Å². The predicted octanol–water partition coefficient (Wildman–Crippen LogP) is 5.40. The lowest BCUT2D eigenvalue weighted by Gasteiger charge is -2.23. The zero-order valence-corrected chi connectivity index (χ0v) is 22.3. The van der Waals surface area contributed by atoms with Crippen molar-refractivity contribution in [2.75, 3.05) is 10.8 Å². The van der Waals surface area contributed by atoms with Crippen LogP contribution in [0.15, 0.2) is 94.9 Å². The van der Waals surface area contributed by atoms with Gasteiger partial charge >= 0.3 is 0 Å². The van der Waals surface area contributed by atoms with Gasteiger partial charge < -0.3 is 4.57 Å². The maximum absolute atomic E-state index is 13.4. The average molecular weight is 535 g/mol. The number of amides is 1. The van der Waals surface area contributed by atoms with Gasteiger partial charge in [-0.2, -0.15) is 5.10 Å². The number of benzene rings is 3. The van der Waals surface area contributed by atoms with Gasteiger partial charge in [0.2, 0.25) is 0 Å². The molecule has 3 aromatic carbocycles. The van der Waals surface area contributed by atoms with Crippen LogP contribution in [0.1, 0.15) is 22.5 Å². The summed E-state index contributed by atoms with van der Waals surface area (Å²) in [5.41, 5.74) is 7.76. The molecule has 1 N–H and O–H groups in total. The van der Waals surface area contributed by atoms with Crippen LogP contribution in [0.2, 0.25) is 5.02 Å². The number of hydrazone groups is 1. The van der Waals surface area contributed by atoms with Crippen LogP contribution in [0.3, 0.4) is 0 Å². The fourth-order valence-electron chi connectivity index (χ4n) is 4.09. The van der Waals surface area contributed by atoms with E-state index in [9.17, 15) is 13.2 Å². The molecule has 0 saturated heterocycles. The molecule has 0 radical (unpaired) electrons. The second-order valence-corrected chi connectivity index (χ2v) is 10.9. The number of aryl methyl sites for hydroxylation is 2. The van der Waals surface area contributed by atoms with Gasteiger partial charge in [0.25, 0.3) is 15.9 Å². The lowest BCUT2D eigenvalue weighted by molar-refractivity contribution is -0.119. The van der Waals surface area contributed by atoms with Gasteiger partial charge in [0.05, 0.1) is 16.8 Å². The van der Waals surface area contributed by atoms with Gasteiger partial charge in [-0.3, -0.25) is 9.10 Å². The Labute approximate surface area is 222 Å². The van der Waals surface area contributed by atoms with Crippen LogP contribution in [0, 0.1) is 20.8 Å². The molecule has 0 aliphatic carbocycles. The summed E-state index contributed by atoms with van der Waals surface area (Å²) in [5, 5.41) is 4.46. The summed E-state index contributed by atoms with van der Waals surface area (Å²) in [5.74, 6) is -0.594. The highest BCUT2D eigenvalue weighted by Crippen LogP contribution is 2.26. The van der Waals surface area contributed by atoms with Gasteiger partial charge in [0, 0.05) is 27.7 Å². The number of anilines is 1. The molecule has 4 aromatic rings. The summed E-state index contributed by atoms with van der Waals surface area (Å²) >= 11 is 6.11. The lowest BCUT2D eigenvalue weighted by Crippen LogP contribution is -2.39. The van der Waals surface area contributed by atoms with Crippen molar-refractivity contribution in [2.45, 2.75) is 25.7 Å². The van der Waals surface area contributed by atoms with E-state index < -0.39 is 22.5 Å². The maximum Gasteiger partial charge on any atom is 0.264 e. The van der Waals surface area contributed by atoms with E-state index in [0.717, 1.165) is 32.5 Å². The Morgan fingerprint density at radius 1 is 0.973 bits per heavy atom. The minimum absolute atomic E-state index is 0.0647. The minimum Gasteiger partial charge on any atom is -0.318 e. The number of aromatic nitrogens is 1. The Kier molecular flexibility index (Phi) is 7.80. The summed E-state index contributed by atoms with van der Waals surface area (Å²) < 4.78 is 29.9. The van der Waals surface area contributed by atoms with E-state index in [1.54, 1.807) is 42.6 Å². The Morgan fingerprint density at radius 2 is 1.70 bits per heavy atom. The van der Waals surface area contributed by atoms with Crippen LogP contribution < -0.4 is 9.73 Å². The smallest absolute Gasteiger partial charge is 0.264 e. The van der Waals surface area contributed by atoms with E-state index in [1.807, 2.05) is 45.0 Å². The number of carbonyl (C=O) groups is 1. The molecule has 1 amide bonds. The number of sulfonamides is 1. The third-order valence-corrected chi connectivity index (χ3v) is 7.86. The molecule has 0 fully saturated rings. The van der Waals surface area contributed by atoms with Crippen LogP contribution in [0.4, 0.5) is 5.69 Å². The second-order valence-electron chi connectivity index (χ2n) is 8.60. The van der Waals surface area contributed by atoms with Crippen molar-refractivity contribution in [3.63, 3.8) is 0 Å². The molecular weight excluding hydrogens is 508 g/mol. The van der Waals surface area contributed by atoms with E-state index in [0.29, 0.717) is 5.02 Å². The fourth-order valence-corrected chi connectivity index (χ4v) is 5.71. The largest absolute Gasteiger partial charge is 0.318 e. The molecule has 4 rings (SSSR count). The fraction of sp³-hybridized carbons (Fsp3) is 0.143. The average Bonchev–Trinajstić information content (AvgIpc) is 3.15. The van der Waals surface area contributed by atoms with Gasteiger partial charge in [0.1, 0.15) is 6.54 Å². The molecule has 0 saturated carbocycles. The molecule has 0 spiro atoms. The van der Waals surface area contributed by atoms with E-state index in [-0.39, 0.29) is 10.6 Å². The Bertz CT molecular complexity index is 1560. The zero-order chi connectivity index (χ0) is 26.6. The van der Waals surface area contributed by atoms with Crippen molar-refractivity contribution in [1.82, 2.24) is 9.99 Å². The molecule has 9 heteroatoms. The minimum atomic E-state index is -4.03. The van der Waals surface area contributed by atoms with Crippen LogP contribution in [-0.2, 0) is 14.8 Å². The molecule has 0 atom stereocenters. The predicted molar refractivity (Wildman–Crippen MR) is 148 cm³/mol. The van der Waals surface area contributed by atoms with Gasteiger partial charge in [-0.15, -0.1) is 0 Å². The number of nitrogens with one attached hydrogen (secondary N) is 1. The van der Waals surface area contributed by atoms with Crippen molar-refractivity contribution >= 4 is 39.4 Å². The number of carbonyl (C=O) groups excluding carboxylic acids is 1. The molecular formula is C28H27ClN4O3S. The van der Waals surface area contributed by atoms with Gasteiger partial charge in [-0.25, -0.2) is 13.8 Å². The molecule has 0 unspecified atom stereocenters. The molecule has 0 aliphatic heterocycles. The lowest BCUT2D eigenvalue weighted by atomic mass is 10.2. The van der Waals surface area contributed by atoms with Gasteiger partial charge in [-0.1, -0.05) is 48.0 Å². The van der Waals surface area contributed by atoms with Gasteiger partial charge in [-0.05, 0) is 74.9 Å². The summed E-state index contributed by atoms with van der Waals surface area (Å²) in [6.45, 7) is 5.55. The monoisotopic (exact) mass is 534 g/mol. The topological polar surface area (TPSA) is 83.8 Å². The summed E-state index contributed by atoms with van der Waals surface area (Å²) in [7, 11) is -4.03. The first-order valence-corrected chi connectivity index (χ1v) is 13.4. The highest BCUT2D eigenvalue weighted by Gasteiger charge is 2.27. The van der Waals surface area contributed by atoms with Gasteiger partial charge in [0.15, 0.2) is 0 Å².